The molecule has 1 saturated carbocycles. The number of carboxylic acid groups (broad SMARTS) is 1. The number of carbonyl (C=O) groups is 2. The molecule has 1 N–H and O–H groups in total. The molecular weight excluding hydrogens is 530 g/mol. The van der Waals surface area contributed by atoms with Crippen LogP contribution >= 0.6 is 0 Å². The predicted octanol–water partition coefficient (Wildman–Crippen LogP) is 7.34. The number of likely N-dealkylation sites (tertiary alicyclic amines) is 1. The van der Waals surface area contributed by atoms with E-state index in [1.54, 1.807) is 19.1 Å². The first-order chi connectivity index (χ1) is 20.4. The van der Waals surface area contributed by atoms with E-state index in [4.69, 9.17) is 14.5 Å². The van der Waals surface area contributed by atoms with Crippen LogP contribution in [0, 0.1) is 5.92 Å². The third-order valence-corrected chi connectivity index (χ3v) is 8.58. The van der Waals surface area contributed by atoms with Gasteiger partial charge in [0.1, 0.15) is 23.1 Å². The van der Waals surface area contributed by atoms with Gasteiger partial charge >= 0.3 is 5.97 Å². The highest BCUT2D eigenvalue weighted by molar-refractivity contribution is 5.93. The summed E-state index contributed by atoms with van der Waals surface area (Å²) < 4.78 is 14.6. The fourth-order valence-electron chi connectivity index (χ4n) is 6.21. The van der Waals surface area contributed by atoms with E-state index in [0.29, 0.717) is 35.6 Å². The van der Waals surface area contributed by atoms with Gasteiger partial charge in [-0.3, -0.25) is 4.79 Å². The molecule has 0 atom stereocenters. The molecule has 0 bridgehead atoms. The zero-order valence-electron chi connectivity index (χ0n) is 24.0. The maximum absolute atomic E-state index is 11.6. The summed E-state index contributed by atoms with van der Waals surface area (Å²) in [5, 5.41) is 9.50. The van der Waals surface area contributed by atoms with Crippen molar-refractivity contribution < 1.29 is 24.2 Å². The first kappa shape index (κ1) is 27.8. The van der Waals surface area contributed by atoms with Crippen molar-refractivity contribution in [2.45, 2.75) is 57.9 Å². The number of hydrogen-bond donors (Lipinski definition) is 1. The van der Waals surface area contributed by atoms with Crippen molar-refractivity contribution in [3.05, 3.63) is 72.3 Å². The molecule has 2 fully saturated rings. The summed E-state index contributed by atoms with van der Waals surface area (Å²) in [4.78, 5) is 30.0. The number of rotatable bonds is 8. The van der Waals surface area contributed by atoms with Gasteiger partial charge in [-0.2, -0.15) is 0 Å². The van der Waals surface area contributed by atoms with Crippen molar-refractivity contribution in [3.63, 3.8) is 0 Å². The van der Waals surface area contributed by atoms with Crippen molar-refractivity contribution in [2.75, 3.05) is 19.7 Å². The summed E-state index contributed by atoms with van der Waals surface area (Å²) >= 11 is 0. The van der Waals surface area contributed by atoms with Crippen LogP contribution in [0.5, 0.6) is 17.2 Å². The summed E-state index contributed by atoms with van der Waals surface area (Å²) in [5.74, 6) is 2.66. The lowest BCUT2D eigenvalue weighted by Gasteiger charge is -2.31. The van der Waals surface area contributed by atoms with E-state index in [1.807, 2.05) is 59.5 Å². The van der Waals surface area contributed by atoms with Gasteiger partial charge in [0.15, 0.2) is 0 Å². The average molecular weight is 568 g/mol. The quantitative estimate of drug-likeness (QED) is 0.239. The van der Waals surface area contributed by atoms with Gasteiger partial charge in [-0.1, -0.05) is 25.3 Å². The van der Waals surface area contributed by atoms with Gasteiger partial charge in [-0.15, -0.1) is 0 Å². The lowest BCUT2D eigenvalue weighted by Crippen LogP contribution is -2.38. The fourth-order valence-corrected chi connectivity index (χ4v) is 6.21. The van der Waals surface area contributed by atoms with Gasteiger partial charge in [-0.05, 0) is 86.2 Å². The number of imidazole rings is 1. The van der Waals surface area contributed by atoms with E-state index in [1.165, 1.54) is 19.3 Å². The van der Waals surface area contributed by atoms with Crippen LogP contribution in [-0.2, 0) is 4.79 Å². The van der Waals surface area contributed by atoms with Crippen molar-refractivity contribution >= 4 is 22.9 Å². The van der Waals surface area contributed by atoms with E-state index in [0.717, 1.165) is 61.4 Å². The minimum Gasteiger partial charge on any atom is -0.493 e. The summed E-state index contributed by atoms with van der Waals surface area (Å²) in [7, 11) is 0. The van der Waals surface area contributed by atoms with Crippen LogP contribution in [0.4, 0.5) is 0 Å². The molecule has 0 radical (unpaired) electrons. The number of fused-ring (bicyclic) bond motifs is 1. The average Bonchev–Trinajstić information content (AvgIpc) is 3.40. The van der Waals surface area contributed by atoms with Crippen LogP contribution in [0.3, 0.4) is 0 Å². The normalized spacial score (nSPS) is 16.5. The number of hydrogen-bond acceptors (Lipinski definition) is 5. The molecule has 1 aromatic heterocycles. The Hall–Kier alpha value is -4.33. The second-order valence-corrected chi connectivity index (χ2v) is 11.5. The Labute approximate surface area is 245 Å². The molecule has 42 heavy (non-hydrogen) atoms. The first-order valence-electron chi connectivity index (χ1n) is 15.0. The van der Waals surface area contributed by atoms with Crippen LogP contribution in [0.15, 0.2) is 66.7 Å². The Morgan fingerprint density at radius 2 is 1.62 bits per heavy atom. The molecule has 6 rings (SSSR count). The Balaban J connectivity index is 1.16. The van der Waals surface area contributed by atoms with Gasteiger partial charge in [0.2, 0.25) is 5.91 Å². The summed E-state index contributed by atoms with van der Waals surface area (Å²) in [6.45, 7) is 3.84. The number of aromatic carboxylic acids is 1. The molecule has 8 heteroatoms. The number of benzene rings is 3. The summed E-state index contributed by atoms with van der Waals surface area (Å²) in [5.41, 5.74) is 2.89. The Morgan fingerprint density at radius 3 is 2.33 bits per heavy atom. The third-order valence-electron chi connectivity index (χ3n) is 8.58. The van der Waals surface area contributed by atoms with Crippen LogP contribution in [0.1, 0.15) is 68.3 Å². The lowest BCUT2D eigenvalue weighted by atomic mass is 9.95. The van der Waals surface area contributed by atoms with Gasteiger partial charge in [0, 0.05) is 37.7 Å². The molecule has 2 heterocycles. The lowest BCUT2D eigenvalue weighted by molar-refractivity contribution is -0.130. The van der Waals surface area contributed by atoms with E-state index < -0.39 is 5.97 Å². The molecule has 0 unspecified atom stereocenters. The van der Waals surface area contributed by atoms with E-state index in [2.05, 4.69) is 4.57 Å². The topological polar surface area (TPSA) is 93.9 Å². The van der Waals surface area contributed by atoms with Crippen molar-refractivity contribution in [2.24, 2.45) is 5.92 Å². The second-order valence-electron chi connectivity index (χ2n) is 11.5. The molecule has 1 aliphatic heterocycles. The molecule has 1 saturated heterocycles. The SMILES string of the molecule is CC(=O)N1CCC(COc2cccc(Oc3ccc(-c4nc5cc(C(=O)O)ccc5n4C4CCCCC4)cc3)c2)CC1. The smallest absolute Gasteiger partial charge is 0.335 e. The summed E-state index contributed by atoms with van der Waals surface area (Å²) in [6, 6.07) is 21.2. The van der Waals surface area contributed by atoms with Crippen molar-refractivity contribution in [1.82, 2.24) is 14.5 Å². The van der Waals surface area contributed by atoms with Crippen molar-refractivity contribution in [3.8, 4) is 28.6 Å². The van der Waals surface area contributed by atoms with E-state index >= 15 is 0 Å². The monoisotopic (exact) mass is 567 g/mol. The molecule has 0 spiro atoms. The highest BCUT2D eigenvalue weighted by Crippen LogP contribution is 2.37. The van der Waals surface area contributed by atoms with Gasteiger partial charge in [0.05, 0.1) is 23.2 Å². The second kappa shape index (κ2) is 12.3. The number of aromatic nitrogens is 2. The first-order valence-corrected chi connectivity index (χ1v) is 15.0. The molecular formula is C34H37N3O5. The molecule has 4 aromatic rings. The highest BCUT2D eigenvalue weighted by atomic mass is 16.5. The van der Waals surface area contributed by atoms with Gasteiger partial charge in [-0.25, -0.2) is 9.78 Å². The molecule has 2 aliphatic rings. The minimum absolute atomic E-state index is 0.143. The minimum atomic E-state index is -0.948. The molecule has 1 aliphatic carbocycles. The van der Waals surface area contributed by atoms with E-state index in [9.17, 15) is 14.7 Å². The Morgan fingerprint density at radius 1 is 0.881 bits per heavy atom. The Bertz CT molecular complexity index is 1560. The molecule has 1 amide bonds. The molecule has 3 aromatic carbocycles. The number of amides is 1. The largest absolute Gasteiger partial charge is 0.493 e. The number of nitrogens with zero attached hydrogens (tertiary/aromatic N) is 3. The van der Waals surface area contributed by atoms with Crippen LogP contribution < -0.4 is 9.47 Å². The van der Waals surface area contributed by atoms with Crippen molar-refractivity contribution in [1.29, 1.82) is 0 Å². The van der Waals surface area contributed by atoms with Crippen LogP contribution in [-0.4, -0.2) is 51.1 Å². The highest BCUT2D eigenvalue weighted by Gasteiger charge is 2.24. The van der Waals surface area contributed by atoms with Gasteiger partial charge in [0.25, 0.3) is 0 Å². The zero-order chi connectivity index (χ0) is 29.1. The van der Waals surface area contributed by atoms with Crippen LogP contribution in [0.25, 0.3) is 22.4 Å². The molecule has 218 valence electrons. The summed E-state index contributed by atoms with van der Waals surface area (Å²) in [6.07, 6.45) is 7.72. The standard InChI is InChI=1S/C34H37N3O5/c1-23(38)36-18-16-24(17-19-36)22-41-29-8-5-9-30(21-29)42-28-13-10-25(11-14-28)33-35-31-20-26(34(39)40)12-15-32(31)37(33)27-6-3-2-4-7-27/h5,8-15,20-21,24,27H,2-4,6-7,16-19,22H2,1H3,(H,39,40). The predicted molar refractivity (Wildman–Crippen MR) is 161 cm³/mol. The zero-order valence-corrected chi connectivity index (χ0v) is 24.0. The third kappa shape index (κ3) is 6.12. The maximum Gasteiger partial charge on any atom is 0.335 e. The number of carbonyl (C=O) groups excluding carboxylic acids is 1. The number of ether oxygens (including phenoxy) is 2. The number of piperidine rings is 1. The maximum atomic E-state index is 11.6. The van der Waals surface area contributed by atoms with Crippen LogP contribution in [0.2, 0.25) is 0 Å². The molecule has 8 nitrogen and oxygen atoms in total. The van der Waals surface area contributed by atoms with Gasteiger partial charge < -0.3 is 24.0 Å². The Kier molecular flexibility index (Phi) is 8.13. The number of carboxylic acids is 1. The van der Waals surface area contributed by atoms with E-state index in [-0.39, 0.29) is 11.5 Å². The fraction of sp³-hybridized carbons (Fsp3) is 0.382.